The molecule has 2 rings (SSSR count). The van der Waals surface area contributed by atoms with Gasteiger partial charge in [-0.25, -0.2) is 0 Å². The van der Waals surface area contributed by atoms with Crippen LogP contribution in [0.4, 0.5) is 0 Å². The number of benzene rings is 1. The third kappa shape index (κ3) is 4.19. The number of pyridine rings is 1. The number of nitrogens with zero attached hydrogens (tertiary/aromatic N) is 1. The number of aryl methyl sites for hydroxylation is 1. The van der Waals surface area contributed by atoms with Crippen LogP contribution in [0.2, 0.25) is 0 Å². The lowest BCUT2D eigenvalue weighted by Crippen LogP contribution is -1.99. The first kappa shape index (κ1) is 12.1. The Balaban J connectivity index is 1.71. The normalized spacial score (nSPS) is 10.2. The molecular formula is C14H14BrNO. The van der Waals surface area contributed by atoms with Gasteiger partial charge in [0, 0.05) is 16.9 Å². The van der Waals surface area contributed by atoms with E-state index < -0.39 is 0 Å². The molecule has 1 aromatic heterocycles. The van der Waals surface area contributed by atoms with Gasteiger partial charge in [-0.1, -0.05) is 22.0 Å². The van der Waals surface area contributed by atoms with Crippen molar-refractivity contribution >= 4 is 15.9 Å². The number of hydrogen-bond donors (Lipinski definition) is 0. The molecule has 0 aliphatic rings. The number of ether oxygens (including phenoxy) is 1. The van der Waals surface area contributed by atoms with Crippen LogP contribution in [0.15, 0.2) is 53.3 Å². The average molecular weight is 292 g/mol. The molecule has 0 unspecified atom stereocenters. The van der Waals surface area contributed by atoms with E-state index in [0.29, 0.717) is 0 Å². The van der Waals surface area contributed by atoms with E-state index in [9.17, 15) is 0 Å². The lowest BCUT2D eigenvalue weighted by molar-refractivity contribution is 0.311. The van der Waals surface area contributed by atoms with Crippen LogP contribution in [0.25, 0.3) is 0 Å². The largest absolute Gasteiger partial charge is 0.494 e. The summed E-state index contributed by atoms with van der Waals surface area (Å²) in [4.78, 5) is 4.09. The van der Waals surface area contributed by atoms with Gasteiger partial charge in [-0.05, 0) is 48.7 Å². The second kappa shape index (κ2) is 6.40. The van der Waals surface area contributed by atoms with E-state index in [1.54, 1.807) is 6.20 Å². The van der Waals surface area contributed by atoms with Crippen molar-refractivity contribution in [2.24, 2.45) is 0 Å². The van der Waals surface area contributed by atoms with Crippen molar-refractivity contribution in [3.63, 3.8) is 0 Å². The average Bonchev–Trinajstić information content (AvgIpc) is 2.38. The zero-order valence-corrected chi connectivity index (χ0v) is 11.1. The molecule has 0 N–H and O–H groups in total. The van der Waals surface area contributed by atoms with Gasteiger partial charge in [-0.3, -0.25) is 4.98 Å². The van der Waals surface area contributed by atoms with Crippen molar-refractivity contribution in [2.45, 2.75) is 12.8 Å². The van der Waals surface area contributed by atoms with Crippen molar-refractivity contribution < 1.29 is 4.74 Å². The first-order valence-corrected chi connectivity index (χ1v) is 6.41. The zero-order valence-electron chi connectivity index (χ0n) is 9.47. The highest BCUT2D eigenvalue weighted by molar-refractivity contribution is 9.10. The fourth-order valence-corrected chi connectivity index (χ4v) is 1.81. The molecule has 2 nitrogen and oxygen atoms in total. The molecule has 0 fully saturated rings. The molecule has 0 spiro atoms. The molecule has 17 heavy (non-hydrogen) atoms. The molecule has 88 valence electrons. The van der Waals surface area contributed by atoms with Gasteiger partial charge < -0.3 is 4.74 Å². The van der Waals surface area contributed by atoms with Gasteiger partial charge in [0.1, 0.15) is 5.75 Å². The predicted molar refractivity (Wildman–Crippen MR) is 72.2 cm³/mol. The summed E-state index contributed by atoms with van der Waals surface area (Å²) in [5.74, 6) is 0.916. The van der Waals surface area contributed by atoms with Crippen molar-refractivity contribution in [3.8, 4) is 5.75 Å². The second-order valence-corrected chi connectivity index (χ2v) is 4.68. The number of hydrogen-bond acceptors (Lipinski definition) is 2. The van der Waals surface area contributed by atoms with Crippen LogP contribution in [0.3, 0.4) is 0 Å². The molecule has 2 aromatic rings. The number of rotatable bonds is 5. The SMILES string of the molecule is Brc1ccc(OCCCc2cccnc2)cc1. The Hall–Kier alpha value is -1.35. The highest BCUT2D eigenvalue weighted by atomic mass is 79.9. The summed E-state index contributed by atoms with van der Waals surface area (Å²) in [5.41, 5.74) is 1.26. The van der Waals surface area contributed by atoms with Crippen LogP contribution >= 0.6 is 15.9 Å². The summed E-state index contributed by atoms with van der Waals surface area (Å²) in [6, 6.07) is 12.0. The molecule has 0 saturated carbocycles. The third-order valence-electron chi connectivity index (χ3n) is 2.41. The van der Waals surface area contributed by atoms with Crippen LogP contribution in [0, 0.1) is 0 Å². The van der Waals surface area contributed by atoms with Crippen molar-refractivity contribution in [2.75, 3.05) is 6.61 Å². The predicted octanol–water partition coefficient (Wildman–Crippen LogP) is 3.86. The first-order valence-electron chi connectivity index (χ1n) is 5.62. The standard InChI is InChI=1S/C14H14BrNO/c15-13-5-7-14(8-6-13)17-10-2-4-12-3-1-9-16-11-12/h1,3,5-9,11H,2,4,10H2. The molecule has 0 amide bonds. The molecular weight excluding hydrogens is 278 g/mol. The van der Waals surface area contributed by atoms with Crippen LogP contribution in [-0.4, -0.2) is 11.6 Å². The minimum Gasteiger partial charge on any atom is -0.494 e. The van der Waals surface area contributed by atoms with E-state index >= 15 is 0 Å². The molecule has 3 heteroatoms. The first-order chi connectivity index (χ1) is 8.34. The van der Waals surface area contributed by atoms with Gasteiger partial charge in [-0.15, -0.1) is 0 Å². The molecule has 0 bridgehead atoms. The van der Waals surface area contributed by atoms with E-state index in [1.807, 2.05) is 36.5 Å². The summed E-state index contributed by atoms with van der Waals surface area (Å²) in [6.07, 6.45) is 5.70. The Morgan fingerprint density at radius 2 is 1.94 bits per heavy atom. The van der Waals surface area contributed by atoms with Crippen LogP contribution in [-0.2, 0) is 6.42 Å². The molecule has 0 saturated heterocycles. The zero-order chi connectivity index (χ0) is 11.9. The summed E-state index contributed by atoms with van der Waals surface area (Å²) in [7, 11) is 0. The van der Waals surface area contributed by atoms with Gasteiger partial charge in [0.15, 0.2) is 0 Å². The molecule has 1 heterocycles. The lowest BCUT2D eigenvalue weighted by Gasteiger charge is -2.05. The Bertz CT molecular complexity index is 442. The maximum Gasteiger partial charge on any atom is 0.119 e. The third-order valence-corrected chi connectivity index (χ3v) is 2.94. The van der Waals surface area contributed by atoms with Crippen LogP contribution in [0.5, 0.6) is 5.75 Å². The summed E-state index contributed by atoms with van der Waals surface area (Å²) in [5, 5.41) is 0. The van der Waals surface area contributed by atoms with E-state index in [0.717, 1.165) is 29.7 Å². The Morgan fingerprint density at radius 3 is 2.65 bits per heavy atom. The van der Waals surface area contributed by atoms with Crippen LogP contribution < -0.4 is 4.74 Å². The monoisotopic (exact) mass is 291 g/mol. The number of halogens is 1. The van der Waals surface area contributed by atoms with Crippen molar-refractivity contribution in [1.82, 2.24) is 4.98 Å². The quantitative estimate of drug-likeness (QED) is 0.781. The fraction of sp³-hybridized carbons (Fsp3) is 0.214. The number of aromatic nitrogens is 1. The van der Waals surface area contributed by atoms with E-state index in [1.165, 1.54) is 5.56 Å². The second-order valence-electron chi connectivity index (χ2n) is 3.77. The topological polar surface area (TPSA) is 22.1 Å². The summed E-state index contributed by atoms with van der Waals surface area (Å²) in [6.45, 7) is 0.733. The Kier molecular flexibility index (Phi) is 4.56. The van der Waals surface area contributed by atoms with Gasteiger partial charge >= 0.3 is 0 Å². The smallest absolute Gasteiger partial charge is 0.119 e. The molecule has 1 aromatic carbocycles. The van der Waals surface area contributed by atoms with E-state index in [2.05, 4.69) is 27.0 Å². The molecule has 0 aliphatic carbocycles. The molecule has 0 atom stereocenters. The van der Waals surface area contributed by atoms with Crippen molar-refractivity contribution in [1.29, 1.82) is 0 Å². The van der Waals surface area contributed by atoms with E-state index in [4.69, 9.17) is 4.74 Å². The maximum atomic E-state index is 5.64. The summed E-state index contributed by atoms with van der Waals surface area (Å²) < 4.78 is 6.71. The van der Waals surface area contributed by atoms with Gasteiger partial charge in [0.05, 0.1) is 6.61 Å². The van der Waals surface area contributed by atoms with Crippen molar-refractivity contribution in [3.05, 3.63) is 58.8 Å². The fourth-order valence-electron chi connectivity index (χ4n) is 1.54. The molecule has 0 aliphatic heterocycles. The van der Waals surface area contributed by atoms with Gasteiger partial charge in [0.2, 0.25) is 0 Å². The maximum absolute atomic E-state index is 5.64. The highest BCUT2D eigenvalue weighted by Gasteiger charge is 1.95. The summed E-state index contributed by atoms with van der Waals surface area (Å²) >= 11 is 3.40. The Labute approximate surface area is 110 Å². The van der Waals surface area contributed by atoms with E-state index in [-0.39, 0.29) is 0 Å². The molecule has 0 radical (unpaired) electrons. The van der Waals surface area contributed by atoms with Gasteiger partial charge in [-0.2, -0.15) is 0 Å². The minimum atomic E-state index is 0.733. The highest BCUT2D eigenvalue weighted by Crippen LogP contribution is 2.16. The minimum absolute atomic E-state index is 0.733. The Morgan fingerprint density at radius 1 is 1.12 bits per heavy atom. The lowest BCUT2D eigenvalue weighted by atomic mass is 10.2. The van der Waals surface area contributed by atoms with Gasteiger partial charge in [0.25, 0.3) is 0 Å². The van der Waals surface area contributed by atoms with Crippen LogP contribution in [0.1, 0.15) is 12.0 Å².